The molecule has 1 aromatic carbocycles. The summed E-state index contributed by atoms with van der Waals surface area (Å²) in [5.41, 5.74) is 2.00. The van der Waals surface area contributed by atoms with Crippen molar-refractivity contribution in [3.63, 3.8) is 0 Å². The second kappa shape index (κ2) is 9.19. The summed E-state index contributed by atoms with van der Waals surface area (Å²) in [6, 6.07) is 7.08. The first kappa shape index (κ1) is 21.0. The molecule has 2 heterocycles. The molecule has 9 nitrogen and oxygen atoms in total. The van der Waals surface area contributed by atoms with Gasteiger partial charge in [-0.15, -0.1) is 0 Å². The number of carbonyl (C=O) groups excluding carboxylic acids is 2. The van der Waals surface area contributed by atoms with Crippen molar-refractivity contribution in [3.05, 3.63) is 62.4 Å². The fraction of sp³-hybridized carbons (Fsp3) is 0.278. The summed E-state index contributed by atoms with van der Waals surface area (Å²) in [6.07, 6.45) is 0. The fourth-order valence-corrected chi connectivity index (χ4v) is 3.14. The molecule has 0 spiro atoms. The molecule has 0 bridgehead atoms. The minimum Gasteiger partial charge on any atom is -0.350 e. The predicted octanol–water partition coefficient (Wildman–Crippen LogP) is 2.51. The molecule has 0 aliphatic carbocycles. The molecule has 0 saturated carbocycles. The van der Waals surface area contributed by atoms with Crippen LogP contribution in [0.1, 0.15) is 38.3 Å². The molecule has 3 aromatic rings. The summed E-state index contributed by atoms with van der Waals surface area (Å²) >= 11 is 9.44. The lowest BCUT2D eigenvalue weighted by Crippen LogP contribution is -2.35. The Morgan fingerprint density at radius 1 is 1.17 bits per heavy atom. The maximum absolute atomic E-state index is 12.1. The Balaban J connectivity index is 1.48. The van der Waals surface area contributed by atoms with E-state index in [0.717, 1.165) is 5.69 Å². The number of halogens is 2. The van der Waals surface area contributed by atoms with Crippen LogP contribution in [0.15, 0.2) is 33.3 Å². The van der Waals surface area contributed by atoms with E-state index in [1.54, 1.807) is 29.8 Å². The van der Waals surface area contributed by atoms with Gasteiger partial charge in [-0.2, -0.15) is 10.1 Å². The molecule has 0 atom stereocenters. The van der Waals surface area contributed by atoms with Crippen LogP contribution in [-0.2, 0) is 6.54 Å². The van der Waals surface area contributed by atoms with Gasteiger partial charge in [0.2, 0.25) is 0 Å². The van der Waals surface area contributed by atoms with Crippen LogP contribution in [-0.4, -0.2) is 44.8 Å². The lowest BCUT2D eigenvalue weighted by Gasteiger charge is -2.07. The van der Waals surface area contributed by atoms with Crippen molar-refractivity contribution in [2.45, 2.75) is 20.4 Å². The quantitative estimate of drug-likeness (QED) is 0.501. The van der Waals surface area contributed by atoms with Gasteiger partial charge in [0.05, 0.1) is 22.0 Å². The number of hydrogen-bond acceptors (Lipinski definition) is 6. The standard InChI is InChI=1S/C18H18BrClN6O3/c1-10-15(20)11(2)26(24-10)9-14-23-18(29-25-14)17(28)22-8-7-21-16(27)12-5-3-4-6-13(12)19/h3-6H,7-9H2,1-2H3,(H,21,27)(H,22,28). The molecule has 2 N–H and O–H groups in total. The highest BCUT2D eigenvalue weighted by Gasteiger charge is 2.17. The number of rotatable bonds is 7. The number of nitrogens with one attached hydrogen (secondary N) is 2. The summed E-state index contributed by atoms with van der Waals surface area (Å²) < 4.78 is 7.34. The topological polar surface area (TPSA) is 115 Å². The Morgan fingerprint density at radius 3 is 2.52 bits per heavy atom. The van der Waals surface area contributed by atoms with Crippen LogP contribution in [0, 0.1) is 13.8 Å². The van der Waals surface area contributed by atoms with E-state index in [2.05, 4.69) is 41.8 Å². The number of hydrogen-bond donors (Lipinski definition) is 2. The van der Waals surface area contributed by atoms with Gasteiger partial charge in [-0.1, -0.05) is 28.9 Å². The zero-order valence-corrected chi connectivity index (χ0v) is 18.0. The lowest BCUT2D eigenvalue weighted by molar-refractivity contribution is 0.0898. The van der Waals surface area contributed by atoms with Crippen LogP contribution in [0.5, 0.6) is 0 Å². The van der Waals surface area contributed by atoms with Crippen LogP contribution in [0.2, 0.25) is 5.02 Å². The first-order valence-electron chi connectivity index (χ1n) is 8.70. The van der Waals surface area contributed by atoms with Crippen molar-refractivity contribution in [1.29, 1.82) is 0 Å². The third kappa shape index (κ3) is 5.01. The highest BCUT2D eigenvalue weighted by Crippen LogP contribution is 2.19. The van der Waals surface area contributed by atoms with E-state index in [1.165, 1.54) is 0 Å². The summed E-state index contributed by atoms with van der Waals surface area (Å²) in [4.78, 5) is 28.3. The molecule has 11 heteroatoms. The Hall–Kier alpha value is -2.72. The van der Waals surface area contributed by atoms with E-state index in [9.17, 15) is 9.59 Å². The van der Waals surface area contributed by atoms with Crippen molar-refractivity contribution in [3.8, 4) is 0 Å². The molecule has 2 amide bonds. The number of aryl methyl sites for hydroxylation is 1. The number of carbonyl (C=O) groups is 2. The van der Waals surface area contributed by atoms with Crippen LogP contribution < -0.4 is 10.6 Å². The molecule has 0 aliphatic heterocycles. The SMILES string of the molecule is Cc1nn(Cc2noc(C(=O)NCCNC(=O)c3ccccc3Br)n2)c(C)c1Cl. The van der Waals surface area contributed by atoms with Crippen LogP contribution in [0.3, 0.4) is 0 Å². The van der Waals surface area contributed by atoms with Crippen LogP contribution in [0.25, 0.3) is 0 Å². The molecule has 0 radical (unpaired) electrons. The van der Waals surface area contributed by atoms with Crippen molar-refractivity contribution >= 4 is 39.3 Å². The van der Waals surface area contributed by atoms with Gasteiger partial charge in [0.1, 0.15) is 6.54 Å². The molecular weight excluding hydrogens is 464 g/mol. The van der Waals surface area contributed by atoms with E-state index in [4.69, 9.17) is 16.1 Å². The van der Waals surface area contributed by atoms with Crippen LogP contribution >= 0.6 is 27.5 Å². The van der Waals surface area contributed by atoms with E-state index in [1.807, 2.05) is 13.0 Å². The highest BCUT2D eigenvalue weighted by molar-refractivity contribution is 9.10. The minimum absolute atomic E-state index is 0.162. The third-order valence-electron chi connectivity index (χ3n) is 4.06. The Labute approximate surface area is 179 Å². The summed E-state index contributed by atoms with van der Waals surface area (Å²) in [6.45, 7) is 4.32. The van der Waals surface area contributed by atoms with E-state index < -0.39 is 5.91 Å². The summed E-state index contributed by atoms with van der Waals surface area (Å²) in [5.74, 6) is -0.620. The van der Waals surface area contributed by atoms with Gasteiger partial charge in [0.15, 0.2) is 5.82 Å². The second-order valence-electron chi connectivity index (χ2n) is 6.15. The zero-order chi connectivity index (χ0) is 21.0. The summed E-state index contributed by atoms with van der Waals surface area (Å²) in [5, 5.41) is 14.0. The maximum atomic E-state index is 12.1. The van der Waals surface area contributed by atoms with E-state index in [0.29, 0.717) is 26.6 Å². The van der Waals surface area contributed by atoms with Crippen molar-refractivity contribution in [2.24, 2.45) is 0 Å². The van der Waals surface area contributed by atoms with Gasteiger partial charge in [0, 0.05) is 17.6 Å². The van der Waals surface area contributed by atoms with Gasteiger partial charge in [-0.3, -0.25) is 14.3 Å². The molecule has 0 fully saturated rings. The lowest BCUT2D eigenvalue weighted by atomic mass is 10.2. The predicted molar refractivity (Wildman–Crippen MR) is 109 cm³/mol. The molecule has 0 saturated heterocycles. The number of benzene rings is 1. The number of amides is 2. The normalized spacial score (nSPS) is 10.8. The number of aromatic nitrogens is 4. The summed E-state index contributed by atoms with van der Waals surface area (Å²) in [7, 11) is 0. The third-order valence-corrected chi connectivity index (χ3v) is 5.30. The van der Waals surface area contributed by atoms with Gasteiger partial charge >= 0.3 is 11.8 Å². The molecule has 0 aliphatic rings. The van der Waals surface area contributed by atoms with Crippen molar-refractivity contribution in [1.82, 2.24) is 30.6 Å². The molecule has 29 heavy (non-hydrogen) atoms. The van der Waals surface area contributed by atoms with Crippen LogP contribution in [0.4, 0.5) is 0 Å². The zero-order valence-electron chi connectivity index (χ0n) is 15.7. The average Bonchev–Trinajstić information content (AvgIpc) is 3.26. The fourth-order valence-electron chi connectivity index (χ4n) is 2.54. The monoisotopic (exact) mass is 480 g/mol. The number of nitrogens with zero attached hydrogens (tertiary/aromatic N) is 4. The Bertz CT molecular complexity index is 1050. The minimum atomic E-state index is -0.523. The smallest absolute Gasteiger partial charge is 0.316 e. The van der Waals surface area contributed by atoms with Gasteiger partial charge in [-0.25, -0.2) is 0 Å². The van der Waals surface area contributed by atoms with Crippen molar-refractivity contribution < 1.29 is 14.1 Å². The van der Waals surface area contributed by atoms with E-state index in [-0.39, 0.29) is 31.4 Å². The average molecular weight is 482 g/mol. The van der Waals surface area contributed by atoms with Gasteiger partial charge in [0.25, 0.3) is 5.91 Å². The molecular formula is C18H18BrClN6O3. The molecule has 2 aromatic heterocycles. The molecule has 0 unspecified atom stereocenters. The maximum Gasteiger partial charge on any atom is 0.316 e. The Kier molecular flexibility index (Phi) is 6.65. The van der Waals surface area contributed by atoms with Gasteiger partial charge in [-0.05, 0) is 41.9 Å². The molecule has 3 rings (SSSR count). The Morgan fingerprint density at radius 2 is 1.86 bits per heavy atom. The van der Waals surface area contributed by atoms with E-state index >= 15 is 0 Å². The largest absolute Gasteiger partial charge is 0.350 e. The first-order valence-corrected chi connectivity index (χ1v) is 9.87. The second-order valence-corrected chi connectivity index (χ2v) is 7.38. The highest BCUT2D eigenvalue weighted by atomic mass is 79.9. The molecule has 152 valence electrons. The first-order chi connectivity index (χ1) is 13.9. The van der Waals surface area contributed by atoms with Gasteiger partial charge < -0.3 is 15.2 Å². The van der Waals surface area contributed by atoms with Crippen molar-refractivity contribution in [2.75, 3.05) is 13.1 Å².